The first-order valence-electron chi connectivity index (χ1n) is 6.42. The smallest absolute Gasteiger partial charge is 0.227 e. The molecule has 1 saturated heterocycles. The van der Waals surface area contributed by atoms with Gasteiger partial charge in [-0.05, 0) is 24.3 Å². The number of carbonyl (C=O) groups excluding carboxylic acids is 1. The number of rotatable bonds is 3. The minimum atomic E-state index is -0.0120. The SMILES string of the molecule is COc1ccc(N2CC(c3noc(C)n3)CC2=O)cc1. The van der Waals surface area contributed by atoms with E-state index in [0.29, 0.717) is 24.7 Å². The van der Waals surface area contributed by atoms with Crippen molar-refractivity contribution in [3.05, 3.63) is 36.0 Å². The van der Waals surface area contributed by atoms with Crippen molar-refractivity contribution in [3.8, 4) is 5.75 Å². The third-order valence-corrected chi connectivity index (χ3v) is 3.42. The van der Waals surface area contributed by atoms with Gasteiger partial charge in [0.05, 0.1) is 7.11 Å². The summed E-state index contributed by atoms with van der Waals surface area (Å²) in [7, 11) is 1.62. The van der Waals surface area contributed by atoms with Gasteiger partial charge in [-0.1, -0.05) is 5.16 Å². The van der Waals surface area contributed by atoms with E-state index in [4.69, 9.17) is 9.26 Å². The molecule has 0 bridgehead atoms. The molecule has 1 fully saturated rings. The largest absolute Gasteiger partial charge is 0.497 e. The van der Waals surface area contributed by atoms with E-state index in [2.05, 4.69) is 10.1 Å². The van der Waals surface area contributed by atoms with Crippen LogP contribution in [0.15, 0.2) is 28.8 Å². The van der Waals surface area contributed by atoms with Gasteiger partial charge in [0.15, 0.2) is 5.82 Å². The second kappa shape index (κ2) is 4.96. The molecule has 20 heavy (non-hydrogen) atoms. The van der Waals surface area contributed by atoms with Crippen LogP contribution in [0.2, 0.25) is 0 Å². The van der Waals surface area contributed by atoms with E-state index in [9.17, 15) is 4.79 Å². The van der Waals surface area contributed by atoms with Gasteiger partial charge in [0.25, 0.3) is 0 Å². The van der Waals surface area contributed by atoms with Crippen molar-refractivity contribution >= 4 is 11.6 Å². The highest BCUT2D eigenvalue weighted by molar-refractivity contribution is 5.96. The molecule has 0 radical (unpaired) electrons. The Labute approximate surface area is 116 Å². The number of aromatic nitrogens is 2. The molecule has 1 unspecified atom stereocenters. The molecule has 2 aromatic rings. The molecule has 1 amide bonds. The van der Waals surface area contributed by atoms with Gasteiger partial charge in [-0.2, -0.15) is 4.98 Å². The highest BCUT2D eigenvalue weighted by atomic mass is 16.5. The first-order chi connectivity index (χ1) is 9.67. The van der Waals surface area contributed by atoms with Gasteiger partial charge < -0.3 is 14.2 Å². The molecule has 1 aliphatic rings. The van der Waals surface area contributed by atoms with E-state index in [-0.39, 0.29) is 11.8 Å². The van der Waals surface area contributed by atoms with Crippen LogP contribution in [0.5, 0.6) is 5.75 Å². The number of hydrogen-bond acceptors (Lipinski definition) is 5. The van der Waals surface area contributed by atoms with Crippen LogP contribution in [0.4, 0.5) is 5.69 Å². The van der Waals surface area contributed by atoms with Gasteiger partial charge >= 0.3 is 0 Å². The van der Waals surface area contributed by atoms with Crippen molar-refractivity contribution < 1.29 is 14.1 Å². The number of ether oxygens (including phenoxy) is 1. The van der Waals surface area contributed by atoms with E-state index in [1.165, 1.54) is 0 Å². The maximum atomic E-state index is 12.1. The summed E-state index contributed by atoms with van der Waals surface area (Å²) >= 11 is 0. The van der Waals surface area contributed by atoms with Crippen LogP contribution in [-0.4, -0.2) is 29.7 Å². The number of hydrogen-bond donors (Lipinski definition) is 0. The van der Waals surface area contributed by atoms with Crippen LogP contribution < -0.4 is 9.64 Å². The fraction of sp³-hybridized carbons (Fsp3) is 0.357. The van der Waals surface area contributed by atoms with Crippen molar-refractivity contribution in [1.82, 2.24) is 10.1 Å². The Hall–Kier alpha value is -2.37. The number of benzene rings is 1. The quantitative estimate of drug-likeness (QED) is 0.854. The second-order valence-corrected chi connectivity index (χ2v) is 4.78. The average molecular weight is 273 g/mol. The molecule has 1 aromatic carbocycles. The minimum absolute atomic E-state index is 0.0120. The first-order valence-corrected chi connectivity index (χ1v) is 6.42. The summed E-state index contributed by atoms with van der Waals surface area (Å²) in [6, 6.07) is 7.43. The van der Waals surface area contributed by atoms with E-state index < -0.39 is 0 Å². The number of anilines is 1. The lowest BCUT2D eigenvalue weighted by Crippen LogP contribution is -2.24. The number of aryl methyl sites for hydroxylation is 1. The Bertz CT molecular complexity index is 621. The van der Waals surface area contributed by atoms with Crippen LogP contribution in [0, 0.1) is 6.92 Å². The predicted molar refractivity (Wildman–Crippen MR) is 71.7 cm³/mol. The fourth-order valence-corrected chi connectivity index (χ4v) is 2.37. The van der Waals surface area contributed by atoms with E-state index in [0.717, 1.165) is 11.4 Å². The molecule has 0 aliphatic carbocycles. The van der Waals surface area contributed by atoms with Crippen molar-refractivity contribution in [2.45, 2.75) is 19.3 Å². The molecule has 104 valence electrons. The van der Waals surface area contributed by atoms with Gasteiger partial charge in [0, 0.05) is 31.5 Å². The number of methoxy groups -OCH3 is 1. The van der Waals surface area contributed by atoms with Gasteiger partial charge in [-0.3, -0.25) is 4.79 Å². The standard InChI is InChI=1S/C14H15N3O3/c1-9-15-14(16-20-9)10-7-13(18)17(8-10)11-3-5-12(19-2)6-4-11/h3-6,10H,7-8H2,1-2H3. The third-order valence-electron chi connectivity index (χ3n) is 3.42. The lowest BCUT2D eigenvalue weighted by atomic mass is 10.1. The molecule has 0 N–H and O–H groups in total. The van der Waals surface area contributed by atoms with E-state index in [1.807, 2.05) is 24.3 Å². The predicted octanol–water partition coefficient (Wildman–Crippen LogP) is 1.91. The molecule has 0 saturated carbocycles. The van der Waals surface area contributed by atoms with Crippen LogP contribution in [0.1, 0.15) is 24.1 Å². The van der Waals surface area contributed by atoms with Crippen molar-refractivity contribution in [2.24, 2.45) is 0 Å². The monoisotopic (exact) mass is 273 g/mol. The van der Waals surface area contributed by atoms with Gasteiger partial charge in [-0.25, -0.2) is 0 Å². The summed E-state index contributed by atoms with van der Waals surface area (Å²) in [5, 5.41) is 3.90. The average Bonchev–Trinajstić information content (AvgIpc) is 3.05. The Morgan fingerprint density at radius 3 is 2.70 bits per heavy atom. The third kappa shape index (κ3) is 2.24. The van der Waals surface area contributed by atoms with E-state index in [1.54, 1.807) is 18.9 Å². The molecule has 1 aromatic heterocycles. The van der Waals surface area contributed by atoms with Crippen LogP contribution in [0.25, 0.3) is 0 Å². The number of amides is 1. The molecule has 6 heteroatoms. The fourth-order valence-electron chi connectivity index (χ4n) is 2.37. The number of carbonyl (C=O) groups is 1. The molecule has 6 nitrogen and oxygen atoms in total. The zero-order valence-electron chi connectivity index (χ0n) is 11.4. The Morgan fingerprint density at radius 1 is 1.35 bits per heavy atom. The van der Waals surface area contributed by atoms with Gasteiger partial charge in [0.2, 0.25) is 11.8 Å². The molecule has 1 atom stereocenters. The summed E-state index contributed by atoms with van der Waals surface area (Å²) in [5.41, 5.74) is 0.860. The minimum Gasteiger partial charge on any atom is -0.497 e. The molecular weight excluding hydrogens is 258 g/mol. The summed E-state index contributed by atoms with van der Waals surface area (Å²) in [4.78, 5) is 18.1. The summed E-state index contributed by atoms with van der Waals surface area (Å²) < 4.78 is 10.1. The zero-order valence-corrected chi connectivity index (χ0v) is 11.4. The lowest BCUT2D eigenvalue weighted by Gasteiger charge is -2.16. The summed E-state index contributed by atoms with van der Waals surface area (Å²) in [6.07, 6.45) is 0.408. The molecule has 3 rings (SSSR count). The zero-order chi connectivity index (χ0) is 14.1. The highest BCUT2D eigenvalue weighted by Gasteiger charge is 2.34. The normalized spacial score (nSPS) is 18.6. The van der Waals surface area contributed by atoms with Gasteiger partial charge in [0.1, 0.15) is 5.75 Å². The van der Waals surface area contributed by atoms with Crippen LogP contribution in [-0.2, 0) is 4.79 Å². The maximum Gasteiger partial charge on any atom is 0.227 e. The second-order valence-electron chi connectivity index (χ2n) is 4.78. The summed E-state index contributed by atoms with van der Waals surface area (Å²) in [5.74, 6) is 1.96. The molecule has 1 aliphatic heterocycles. The molecule has 2 heterocycles. The van der Waals surface area contributed by atoms with Crippen LogP contribution in [0.3, 0.4) is 0 Å². The topological polar surface area (TPSA) is 68.5 Å². The highest BCUT2D eigenvalue weighted by Crippen LogP contribution is 2.31. The van der Waals surface area contributed by atoms with E-state index >= 15 is 0 Å². The van der Waals surface area contributed by atoms with Crippen molar-refractivity contribution in [3.63, 3.8) is 0 Å². The number of nitrogens with zero attached hydrogens (tertiary/aromatic N) is 3. The van der Waals surface area contributed by atoms with Crippen molar-refractivity contribution in [1.29, 1.82) is 0 Å². The molecule has 0 spiro atoms. The van der Waals surface area contributed by atoms with Crippen LogP contribution >= 0.6 is 0 Å². The molecular formula is C14H15N3O3. The maximum absolute atomic E-state index is 12.1. The van der Waals surface area contributed by atoms with Gasteiger partial charge in [-0.15, -0.1) is 0 Å². The Kier molecular flexibility index (Phi) is 3.14. The summed E-state index contributed by atoms with van der Waals surface area (Å²) in [6.45, 7) is 2.32. The van der Waals surface area contributed by atoms with Crippen molar-refractivity contribution in [2.75, 3.05) is 18.6 Å². The lowest BCUT2D eigenvalue weighted by molar-refractivity contribution is -0.117. The Balaban J connectivity index is 1.79. The Morgan fingerprint density at radius 2 is 2.10 bits per heavy atom. The first kappa shape index (κ1) is 12.7.